The van der Waals surface area contributed by atoms with E-state index in [4.69, 9.17) is 10.4 Å². The molecule has 0 aliphatic heterocycles. The van der Waals surface area contributed by atoms with Crippen molar-refractivity contribution in [3.63, 3.8) is 0 Å². The second-order valence-electron chi connectivity index (χ2n) is 14.2. The normalized spacial score (nSPS) is 11.7. The zero-order valence-electron chi connectivity index (χ0n) is 31.1. The summed E-state index contributed by atoms with van der Waals surface area (Å²) in [5.74, 6) is 0. The van der Waals surface area contributed by atoms with Gasteiger partial charge in [-0.25, -0.2) is 0 Å². The van der Waals surface area contributed by atoms with Crippen LogP contribution in [-0.2, 0) is 30.9 Å². The van der Waals surface area contributed by atoms with Crippen LogP contribution in [0.4, 0.5) is 0 Å². The number of hydrogen-bond acceptors (Lipinski definition) is 8. The van der Waals surface area contributed by atoms with Crippen molar-refractivity contribution in [2.75, 3.05) is 26.3 Å². The van der Waals surface area contributed by atoms with Gasteiger partial charge in [-0.15, -0.1) is 5.09 Å². The van der Waals surface area contributed by atoms with Crippen molar-refractivity contribution in [1.82, 2.24) is 9.80 Å². The fourth-order valence-corrected chi connectivity index (χ4v) is 7.74. The van der Waals surface area contributed by atoms with Crippen molar-refractivity contribution in [2.24, 2.45) is 10.7 Å². The summed E-state index contributed by atoms with van der Waals surface area (Å²) >= 11 is 0. The van der Waals surface area contributed by atoms with Crippen LogP contribution < -0.4 is 16.6 Å². The molecule has 0 amide bonds. The Hall–Kier alpha value is -5.19. The maximum Gasteiger partial charge on any atom is 0.488 e. The van der Waals surface area contributed by atoms with E-state index in [2.05, 4.69) is 100 Å². The quantitative estimate of drug-likeness (QED) is 0.0381. The molecule has 0 aliphatic carbocycles. The molecule has 7 aromatic carbocycles. The number of rotatable bonds is 19. The Morgan fingerprint density at radius 2 is 1.24 bits per heavy atom. The number of ether oxygens (including phenoxy) is 1. The largest absolute Gasteiger partial charge is 0.488 e. The van der Waals surface area contributed by atoms with Crippen molar-refractivity contribution in [3.8, 4) is 0 Å². The summed E-state index contributed by atoms with van der Waals surface area (Å²) in [5, 5.41) is 30.9. The van der Waals surface area contributed by atoms with E-state index in [1.54, 1.807) is 6.07 Å². The molecule has 7 rings (SSSR count). The van der Waals surface area contributed by atoms with Gasteiger partial charge in [0, 0.05) is 45.9 Å². The Kier molecular flexibility index (Phi) is 12.4. The minimum absolute atomic E-state index is 0.509. The first-order chi connectivity index (χ1) is 26.9. The molecule has 7 aromatic rings. The van der Waals surface area contributed by atoms with Crippen LogP contribution in [0.5, 0.6) is 0 Å². The monoisotopic (exact) mass is 728 g/mol. The van der Waals surface area contributed by atoms with Crippen molar-refractivity contribution in [2.45, 2.75) is 32.6 Å². The van der Waals surface area contributed by atoms with E-state index in [0.29, 0.717) is 44.9 Å². The zero-order valence-corrected chi connectivity index (χ0v) is 31.1. The van der Waals surface area contributed by atoms with Gasteiger partial charge in [0.25, 0.3) is 0 Å². The van der Waals surface area contributed by atoms with Crippen molar-refractivity contribution < 1.29 is 14.8 Å². The van der Waals surface area contributed by atoms with E-state index < -0.39 is 14.1 Å². The highest BCUT2D eigenvalue weighted by Crippen LogP contribution is 2.36. The lowest BCUT2D eigenvalue weighted by atomic mass is 9.69. The van der Waals surface area contributed by atoms with Gasteiger partial charge < -0.3 is 20.4 Å². The van der Waals surface area contributed by atoms with E-state index in [1.807, 2.05) is 48.5 Å². The Bertz CT molecular complexity index is 2360. The molecule has 0 bridgehead atoms. The van der Waals surface area contributed by atoms with E-state index in [-0.39, 0.29) is 0 Å². The topological polar surface area (TPSA) is 112 Å². The summed E-state index contributed by atoms with van der Waals surface area (Å²) in [6.45, 7) is 8.02. The summed E-state index contributed by atoms with van der Waals surface area (Å²) in [6.07, 6.45) is 2.64. The number of nitrogens with two attached hydrogens (primary N) is 1. The van der Waals surface area contributed by atoms with Crippen molar-refractivity contribution in [1.29, 1.82) is 0 Å². The van der Waals surface area contributed by atoms with Gasteiger partial charge in [-0.1, -0.05) is 140 Å². The molecular weight excluding hydrogens is 682 g/mol. The highest BCUT2D eigenvalue weighted by Gasteiger charge is 2.21. The minimum Gasteiger partial charge on any atom is -0.423 e. The van der Waals surface area contributed by atoms with E-state index >= 15 is 0 Å². The summed E-state index contributed by atoms with van der Waals surface area (Å²) < 4.78 is 6.30. The summed E-state index contributed by atoms with van der Waals surface area (Å²) in [6, 6.07) is 43.3. The Labute approximate surface area is 323 Å². The van der Waals surface area contributed by atoms with Gasteiger partial charge in [-0.05, 0) is 77.5 Å². The van der Waals surface area contributed by atoms with Gasteiger partial charge >= 0.3 is 14.1 Å². The SMILES string of the molecule is C=Cc1ccc(CN(CCCOCCN(Cc2ccccc2B(O)O)Cc2ccc3ccc4cccc5ccc2c3c45)Cc2ccccc2B(N)N=O)cc1. The smallest absolute Gasteiger partial charge is 0.423 e. The van der Waals surface area contributed by atoms with Crippen molar-refractivity contribution in [3.05, 3.63) is 167 Å². The molecule has 0 spiro atoms. The van der Waals surface area contributed by atoms with Gasteiger partial charge in [0.2, 0.25) is 0 Å². The van der Waals surface area contributed by atoms with Crippen LogP contribution in [0.1, 0.15) is 34.2 Å². The first kappa shape index (κ1) is 38.1. The number of nitrogens with zero attached hydrogens (tertiary/aromatic N) is 3. The average molecular weight is 729 g/mol. The maximum absolute atomic E-state index is 11.4. The molecule has 0 radical (unpaired) electrons. The van der Waals surface area contributed by atoms with Gasteiger partial charge in [-0.3, -0.25) is 9.80 Å². The molecule has 0 saturated carbocycles. The van der Waals surface area contributed by atoms with Gasteiger partial charge in [-0.2, -0.15) is 4.91 Å². The minimum atomic E-state index is -1.55. The third-order valence-corrected chi connectivity index (χ3v) is 10.6. The van der Waals surface area contributed by atoms with Crippen LogP contribution in [0.15, 0.2) is 139 Å². The second kappa shape index (κ2) is 18.0. The van der Waals surface area contributed by atoms with Gasteiger partial charge in [0.1, 0.15) is 0 Å². The Balaban J connectivity index is 1.05. The molecule has 0 fully saturated rings. The molecule has 0 unspecified atom stereocenters. The predicted molar refractivity (Wildman–Crippen MR) is 228 cm³/mol. The van der Waals surface area contributed by atoms with Gasteiger partial charge in [0.15, 0.2) is 0 Å². The molecule has 55 heavy (non-hydrogen) atoms. The fraction of sp³-hybridized carbons (Fsp3) is 0.200. The molecular formula is C45H46B2N4O4. The highest BCUT2D eigenvalue weighted by atomic mass is 16.5. The average Bonchev–Trinajstić information content (AvgIpc) is 3.21. The summed E-state index contributed by atoms with van der Waals surface area (Å²) in [4.78, 5) is 16.0. The molecule has 0 aliphatic rings. The van der Waals surface area contributed by atoms with Crippen LogP contribution >= 0.6 is 0 Å². The number of benzene rings is 7. The standard InChI is InChI=1S/C45H46B2N4O4/c1-2-33-15-17-34(18-16-33)29-50(31-39-9-3-5-13-42(39)46(48)49-54)25-8-27-55-28-26-51(32-40-10-4-6-14-43(40)47(52)53)30-38-22-21-37-20-19-35-11-7-12-36-23-24-41(38)45(37)44(35)36/h2-7,9-24,52-53H,1,8,25-32,48H2. The zero-order chi connectivity index (χ0) is 38.1. The molecule has 0 heterocycles. The van der Waals surface area contributed by atoms with Crippen LogP contribution in [0.3, 0.4) is 0 Å². The Morgan fingerprint density at radius 1 is 0.636 bits per heavy atom. The molecule has 4 N–H and O–H groups in total. The molecule has 276 valence electrons. The van der Waals surface area contributed by atoms with Gasteiger partial charge in [0.05, 0.1) is 6.61 Å². The molecule has 0 aromatic heterocycles. The fourth-order valence-electron chi connectivity index (χ4n) is 7.74. The van der Waals surface area contributed by atoms with E-state index in [9.17, 15) is 15.0 Å². The number of nitroso groups, excluding NO2 is 1. The molecule has 0 atom stereocenters. The molecule has 0 saturated heterocycles. The third-order valence-electron chi connectivity index (χ3n) is 10.6. The Morgan fingerprint density at radius 3 is 1.93 bits per heavy atom. The molecule has 10 heteroatoms. The maximum atomic E-state index is 11.4. The van der Waals surface area contributed by atoms with Crippen LogP contribution in [0, 0.1) is 4.91 Å². The van der Waals surface area contributed by atoms with Crippen LogP contribution in [0.25, 0.3) is 38.4 Å². The lowest BCUT2D eigenvalue weighted by Gasteiger charge is -2.26. The second-order valence-corrected chi connectivity index (χ2v) is 14.2. The summed E-state index contributed by atoms with van der Waals surface area (Å²) in [7, 11) is -1.55. The van der Waals surface area contributed by atoms with Crippen molar-refractivity contribution >= 4 is 63.4 Å². The lowest BCUT2D eigenvalue weighted by Crippen LogP contribution is -2.41. The highest BCUT2D eigenvalue weighted by molar-refractivity contribution is 6.68. The van der Waals surface area contributed by atoms with Crippen LogP contribution in [-0.4, -0.2) is 60.3 Å². The van der Waals surface area contributed by atoms with Crippen LogP contribution in [0.2, 0.25) is 0 Å². The molecule has 8 nitrogen and oxygen atoms in total. The lowest BCUT2D eigenvalue weighted by molar-refractivity contribution is 0.0893. The van der Waals surface area contributed by atoms with E-state index in [0.717, 1.165) is 41.7 Å². The number of hydrogen-bond donors (Lipinski definition) is 3. The van der Waals surface area contributed by atoms with E-state index in [1.165, 1.54) is 43.4 Å². The first-order valence-electron chi connectivity index (χ1n) is 18.9. The predicted octanol–water partition coefficient (Wildman–Crippen LogP) is 6.44. The first-order valence-corrected chi connectivity index (χ1v) is 18.9. The summed E-state index contributed by atoms with van der Waals surface area (Å²) in [5.41, 5.74) is 12.6. The third kappa shape index (κ3) is 9.03.